The van der Waals surface area contributed by atoms with Crippen molar-refractivity contribution in [2.24, 2.45) is 0 Å². The molecule has 0 atom stereocenters. The van der Waals surface area contributed by atoms with Crippen molar-refractivity contribution in [1.29, 1.82) is 0 Å². The molecule has 0 aliphatic carbocycles. The van der Waals surface area contributed by atoms with Gasteiger partial charge < -0.3 is 5.32 Å². The summed E-state index contributed by atoms with van der Waals surface area (Å²) in [5.74, 6) is 0.266. The third-order valence-corrected chi connectivity index (χ3v) is 6.00. The maximum Gasteiger partial charge on any atom is 0.236 e. The lowest BCUT2D eigenvalue weighted by molar-refractivity contribution is -0.116. The van der Waals surface area contributed by atoms with E-state index in [0.29, 0.717) is 0 Å². The lowest BCUT2D eigenvalue weighted by Crippen LogP contribution is -2.22. The Labute approximate surface area is 183 Å². The molecule has 3 aromatic carbocycles. The van der Waals surface area contributed by atoms with Crippen LogP contribution in [0.2, 0.25) is 0 Å². The zero-order valence-electron chi connectivity index (χ0n) is 16.8. The quantitative estimate of drug-likeness (QED) is 0.433. The largest absolute Gasteiger partial charge is 0.325 e. The molecule has 5 aromatic rings. The van der Waals surface area contributed by atoms with E-state index in [9.17, 15) is 4.79 Å². The van der Waals surface area contributed by atoms with E-state index in [1.165, 1.54) is 11.3 Å². The number of carbonyl (C=O) groups excluding carboxylic acids is 1. The van der Waals surface area contributed by atoms with Gasteiger partial charge in [0.05, 0.1) is 5.92 Å². The van der Waals surface area contributed by atoms with E-state index in [1.54, 1.807) is 4.52 Å². The Balaban J connectivity index is 1.45. The minimum Gasteiger partial charge on any atom is -0.325 e. The molecule has 0 fully saturated rings. The van der Waals surface area contributed by atoms with Crippen molar-refractivity contribution in [2.75, 3.05) is 5.32 Å². The van der Waals surface area contributed by atoms with E-state index < -0.39 is 5.92 Å². The molecule has 1 amide bonds. The molecule has 2 heterocycles. The van der Waals surface area contributed by atoms with Gasteiger partial charge in [-0.15, -0.1) is 10.2 Å². The number of fused-ring (bicyclic) bond motifs is 1. The normalized spacial score (nSPS) is 11.2. The molecule has 0 saturated carbocycles. The molecular weight excluding hydrogens is 406 g/mol. The molecule has 1 N–H and O–H groups in total. The van der Waals surface area contributed by atoms with Crippen LogP contribution in [0, 0.1) is 6.92 Å². The summed E-state index contributed by atoms with van der Waals surface area (Å²) >= 11 is 1.46. The van der Waals surface area contributed by atoms with E-state index in [1.807, 2.05) is 91.9 Å². The molecule has 0 aliphatic rings. The summed E-state index contributed by atoms with van der Waals surface area (Å²) in [5, 5.41) is 16.7. The first-order valence-electron chi connectivity index (χ1n) is 9.89. The number of hydrogen-bond acceptors (Lipinski definition) is 5. The van der Waals surface area contributed by atoms with Crippen molar-refractivity contribution in [3.05, 3.63) is 102 Å². The number of anilines is 1. The van der Waals surface area contributed by atoms with Crippen LogP contribution in [0.5, 0.6) is 0 Å². The number of rotatable bonds is 5. The molecule has 0 aliphatic heterocycles. The maximum absolute atomic E-state index is 13.4. The van der Waals surface area contributed by atoms with Crippen LogP contribution in [-0.4, -0.2) is 25.7 Å². The van der Waals surface area contributed by atoms with Crippen LogP contribution >= 0.6 is 11.3 Å². The van der Waals surface area contributed by atoms with E-state index in [2.05, 4.69) is 20.6 Å². The molecule has 7 heteroatoms. The minimum atomic E-state index is -0.400. The average Bonchev–Trinajstić information content (AvgIpc) is 3.38. The van der Waals surface area contributed by atoms with E-state index in [4.69, 9.17) is 0 Å². The number of carbonyl (C=O) groups is 1. The summed E-state index contributed by atoms with van der Waals surface area (Å²) in [6.07, 6.45) is 0. The molecule has 0 saturated heterocycles. The average molecular weight is 426 g/mol. The first-order chi connectivity index (χ1) is 15.2. The Morgan fingerprint density at radius 2 is 1.58 bits per heavy atom. The number of nitrogens with zero attached hydrogens (tertiary/aromatic N) is 4. The van der Waals surface area contributed by atoms with Crippen molar-refractivity contribution in [1.82, 2.24) is 19.8 Å². The molecule has 31 heavy (non-hydrogen) atoms. The summed E-state index contributed by atoms with van der Waals surface area (Å²) in [5.41, 5.74) is 3.55. The fourth-order valence-electron chi connectivity index (χ4n) is 3.56. The summed E-state index contributed by atoms with van der Waals surface area (Å²) in [6.45, 7) is 1.87. The predicted octanol–water partition coefficient (Wildman–Crippen LogP) is 4.93. The molecule has 5 rings (SSSR count). The summed E-state index contributed by atoms with van der Waals surface area (Å²) < 4.78 is 1.73. The highest BCUT2D eigenvalue weighted by Gasteiger charge is 2.23. The lowest BCUT2D eigenvalue weighted by Gasteiger charge is -2.18. The number of hydrogen-bond donors (Lipinski definition) is 1. The van der Waals surface area contributed by atoms with Gasteiger partial charge in [-0.05, 0) is 30.2 Å². The summed E-state index contributed by atoms with van der Waals surface area (Å²) in [4.78, 5) is 14.1. The van der Waals surface area contributed by atoms with E-state index in [-0.39, 0.29) is 5.91 Å². The highest BCUT2D eigenvalue weighted by Crippen LogP contribution is 2.29. The molecular formula is C24H19N5OS. The second-order valence-electron chi connectivity index (χ2n) is 7.17. The highest BCUT2D eigenvalue weighted by atomic mass is 32.1. The number of nitrogens with one attached hydrogen (secondary N) is 1. The molecule has 6 nitrogen and oxygen atoms in total. The predicted molar refractivity (Wildman–Crippen MR) is 122 cm³/mol. The van der Waals surface area contributed by atoms with Crippen molar-refractivity contribution < 1.29 is 4.79 Å². The minimum absolute atomic E-state index is 0.0801. The smallest absolute Gasteiger partial charge is 0.236 e. The fourth-order valence-corrected chi connectivity index (χ4v) is 4.44. The van der Waals surface area contributed by atoms with Gasteiger partial charge >= 0.3 is 0 Å². The fraction of sp³-hybridized carbons (Fsp3) is 0.0833. The van der Waals surface area contributed by atoms with Crippen LogP contribution in [0.25, 0.3) is 15.5 Å². The van der Waals surface area contributed by atoms with Crippen LogP contribution in [-0.2, 0) is 4.79 Å². The van der Waals surface area contributed by atoms with Crippen LogP contribution in [0.4, 0.5) is 5.69 Å². The first-order valence-corrected chi connectivity index (χ1v) is 10.7. The van der Waals surface area contributed by atoms with Crippen molar-refractivity contribution >= 4 is 27.9 Å². The van der Waals surface area contributed by atoms with Crippen molar-refractivity contribution in [3.8, 4) is 10.6 Å². The lowest BCUT2D eigenvalue weighted by atomic mass is 9.90. The zero-order chi connectivity index (χ0) is 21.2. The van der Waals surface area contributed by atoms with Crippen LogP contribution in [0.3, 0.4) is 0 Å². The molecule has 0 radical (unpaired) electrons. The third kappa shape index (κ3) is 3.83. The molecule has 0 spiro atoms. The monoisotopic (exact) mass is 425 g/mol. The number of aromatic nitrogens is 4. The van der Waals surface area contributed by atoms with Gasteiger partial charge in [0.2, 0.25) is 10.9 Å². The SMILES string of the molecule is Cc1nnc2sc(-c3cccc(NC(=O)C(c4ccccc4)c4ccccc4)c3)nn12. The van der Waals surface area contributed by atoms with Gasteiger partial charge in [0.25, 0.3) is 0 Å². The Hall–Kier alpha value is -3.84. The van der Waals surface area contributed by atoms with Crippen LogP contribution in [0.15, 0.2) is 84.9 Å². The van der Waals surface area contributed by atoms with Gasteiger partial charge in [0.15, 0.2) is 5.82 Å². The second kappa shape index (κ2) is 8.12. The number of aryl methyl sites for hydroxylation is 1. The maximum atomic E-state index is 13.4. The number of benzene rings is 3. The van der Waals surface area contributed by atoms with Crippen molar-refractivity contribution in [3.63, 3.8) is 0 Å². The molecule has 152 valence electrons. The van der Waals surface area contributed by atoms with Gasteiger partial charge in [-0.2, -0.15) is 9.61 Å². The number of amides is 1. The highest BCUT2D eigenvalue weighted by molar-refractivity contribution is 7.19. The van der Waals surface area contributed by atoms with Gasteiger partial charge in [-0.3, -0.25) is 4.79 Å². The Morgan fingerprint density at radius 1 is 0.903 bits per heavy atom. The molecule has 0 bridgehead atoms. The van der Waals surface area contributed by atoms with Gasteiger partial charge in [-0.25, -0.2) is 0 Å². The second-order valence-corrected chi connectivity index (χ2v) is 8.13. The Kier molecular flexibility index (Phi) is 5.01. The summed E-state index contributed by atoms with van der Waals surface area (Å²) in [7, 11) is 0. The van der Waals surface area contributed by atoms with Crippen LogP contribution in [0.1, 0.15) is 22.9 Å². The first kappa shape index (κ1) is 19.1. The van der Waals surface area contributed by atoms with Gasteiger partial charge in [0.1, 0.15) is 5.01 Å². The van der Waals surface area contributed by atoms with E-state index in [0.717, 1.165) is 38.2 Å². The standard InChI is InChI=1S/C24H19N5OS/c1-16-26-27-24-29(16)28-23(31-24)19-13-8-14-20(15-19)25-22(30)21(17-9-4-2-5-10-17)18-11-6-3-7-12-18/h2-15,21H,1H3,(H,25,30). The summed E-state index contributed by atoms with van der Waals surface area (Å²) in [6, 6.07) is 27.4. The van der Waals surface area contributed by atoms with Gasteiger partial charge in [-0.1, -0.05) is 84.1 Å². The third-order valence-electron chi connectivity index (χ3n) is 5.05. The van der Waals surface area contributed by atoms with Gasteiger partial charge in [0, 0.05) is 11.3 Å². The van der Waals surface area contributed by atoms with E-state index >= 15 is 0 Å². The Morgan fingerprint density at radius 3 is 2.23 bits per heavy atom. The topological polar surface area (TPSA) is 72.2 Å². The molecule has 0 unspecified atom stereocenters. The zero-order valence-corrected chi connectivity index (χ0v) is 17.6. The Bertz CT molecular complexity index is 1300. The molecule has 2 aromatic heterocycles. The van der Waals surface area contributed by atoms with Crippen molar-refractivity contribution in [2.45, 2.75) is 12.8 Å². The van der Waals surface area contributed by atoms with Crippen LogP contribution < -0.4 is 5.32 Å².